The number of benzene rings is 3. The van der Waals surface area contributed by atoms with Gasteiger partial charge in [-0.15, -0.1) is 0 Å². The van der Waals surface area contributed by atoms with Gasteiger partial charge in [0.2, 0.25) is 17.7 Å². The molecule has 3 aliphatic rings. The highest BCUT2D eigenvalue weighted by Gasteiger charge is 2.33. The number of carbonyl (C=O) groups is 3. The summed E-state index contributed by atoms with van der Waals surface area (Å²) >= 11 is 6.12. The van der Waals surface area contributed by atoms with E-state index in [-0.39, 0.29) is 23.8 Å². The van der Waals surface area contributed by atoms with Gasteiger partial charge in [0.1, 0.15) is 6.04 Å². The average molecular weight is 599 g/mol. The second kappa shape index (κ2) is 13.3. The summed E-state index contributed by atoms with van der Waals surface area (Å²) < 4.78 is 0. The van der Waals surface area contributed by atoms with Crippen molar-refractivity contribution in [1.82, 2.24) is 20.4 Å². The molecule has 2 unspecified atom stereocenters. The molecular formula is C35H39ClN4O3. The standard InChI is InChI=1S/C35H39ClN4O3/c36-29-13-11-24(12-14-29)20-32(38-34(42)31-21-26-6-1-2-7-27(26)22-37-31)35(43)39-18-15-25(16-19-39)30-9-4-3-8-28(30)23-40-17-5-10-33(40)41/h1-4,6-9,11-14,25,31-32,37H,5,10,15-23H2,(H,38,42). The molecule has 3 aromatic carbocycles. The van der Waals surface area contributed by atoms with Gasteiger partial charge < -0.3 is 20.4 Å². The minimum atomic E-state index is -0.669. The van der Waals surface area contributed by atoms with E-state index in [1.165, 1.54) is 22.3 Å². The van der Waals surface area contributed by atoms with E-state index in [1.807, 2.05) is 52.3 Å². The van der Waals surface area contributed by atoms with E-state index in [4.69, 9.17) is 11.6 Å². The highest BCUT2D eigenvalue weighted by atomic mass is 35.5. The number of rotatable bonds is 8. The summed E-state index contributed by atoms with van der Waals surface area (Å²) in [6.07, 6.45) is 4.26. The van der Waals surface area contributed by atoms with Crippen molar-refractivity contribution in [3.63, 3.8) is 0 Å². The zero-order valence-electron chi connectivity index (χ0n) is 24.4. The molecule has 0 aliphatic carbocycles. The Labute approximate surface area is 258 Å². The summed E-state index contributed by atoms with van der Waals surface area (Å²) in [6, 6.07) is 23.0. The Morgan fingerprint density at radius 2 is 1.65 bits per heavy atom. The van der Waals surface area contributed by atoms with Gasteiger partial charge in [0.15, 0.2) is 0 Å². The molecule has 0 saturated carbocycles. The van der Waals surface area contributed by atoms with Gasteiger partial charge in [0, 0.05) is 50.6 Å². The third-order valence-corrected chi connectivity index (χ3v) is 9.45. The molecule has 2 atom stereocenters. The maximum atomic E-state index is 14.0. The lowest BCUT2D eigenvalue weighted by Crippen LogP contribution is -2.56. The average Bonchev–Trinajstić information content (AvgIpc) is 3.45. The van der Waals surface area contributed by atoms with Gasteiger partial charge in [-0.25, -0.2) is 0 Å². The lowest BCUT2D eigenvalue weighted by molar-refractivity contribution is -0.137. The van der Waals surface area contributed by atoms with Crippen LogP contribution in [-0.2, 0) is 40.3 Å². The summed E-state index contributed by atoms with van der Waals surface area (Å²) in [7, 11) is 0. The summed E-state index contributed by atoms with van der Waals surface area (Å²) in [6.45, 7) is 3.36. The quantitative estimate of drug-likeness (QED) is 0.397. The van der Waals surface area contributed by atoms with Crippen LogP contribution < -0.4 is 10.6 Å². The van der Waals surface area contributed by atoms with Crippen LogP contribution in [0, 0.1) is 0 Å². The number of amides is 3. The Morgan fingerprint density at radius 3 is 2.40 bits per heavy atom. The van der Waals surface area contributed by atoms with Crippen LogP contribution in [0.2, 0.25) is 5.02 Å². The highest BCUT2D eigenvalue weighted by Crippen LogP contribution is 2.32. The first-order valence-electron chi connectivity index (χ1n) is 15.4. The van der Waals surface area contributed by atoms with Crippen LogP contribution in [0.3, 0.4) is 0 Å². The number of fused-ring (bicyclic) bond motifs is 1. The monoisotopic (exact) mass is 598 g/mol. The molecule has 3 heterocycles. The van der Waals surface area contributed by atoms with E-state index < -0.39 is 6.04 Å². The second-order valence-electron chi connectivity index (χ2n) is 12.0. The van der Waals surface area contributed by atoms with Crippen LogP contribution in [-0.4, -0.2) is 59.2 Å². The topological polar surface area (TPSA) is 81.8 Å². The van der Waals surface area contributed by atoms with Crippen LogP contribution in [0.15, 0.2) is 72.8 Å². The first kappa shape index (κ1) is 29.4. The smallest absolute Gasteiger partial charge is 0.245 e. The fourth-order valence-electron chi connectivity index (χ4n) is 6.75. The Kier molecular flexibility index (Phi) is 9.10. The number of likely N-dealkylation sites (tertiary alicyclic amines) is 2. The number of hydrogen-bond donors (Lipinski definition) is 2. The molecule has 224 valence electrons. The number of halogens is 1. The molecule has 3 amide bonds. The van der Waals surface area contributed by atoms with E-state index >= 15 is 0 Å². The normalized spacial score (nSPS) is 19.7. The van der Waals surface area contributed by atoms with Crippen molar-refractivity contribution in [2.45, 2.75) is 69.6 Å². The molecule has 6 rings (SSSR count). The molecule has 2 saturated heterocycles. The summed E-state index contributed by atoms with van der Waals surface area (Å²) in [5, 5.41) is 7.10. The van der Waals surface area contributed by atoms with Gasteiger partial charge in [-0.3, -0.25) is 14.4 Å². The van der Waals surface area contributed by atoms with Gasteiger partial charge in [-0.1, -0.05) is 72.3 Å². The van der Waals surface area contributed by atoms with Crippen LogP contribution in [0.4, 0.5) is 0 Å². The van der Waals surface area contributed by atoms with Crippen molar-refractivity contribution in [1.29, 1.82) is 0 Å². The SMILES string of the molecule is O=C(NC(Cc1ccc(Cl)cc1)C(=O)N1CCC(c2ccccc2CN2CCCC2=O)CC1)C1Cc2ccccc2CN1. The minimum absolute atomic E-state index is 0.0473. The summed E-state index contributed by atoms with van der Waals surface area (Å²) in [5.74, 6) is 0.362. The molecule has 2 N–H and O–H groups in total. The molecule has 3 aromatic rings. The van der Waals surface area contributed by atoms with E-state index in [1.54, 1.807) is 0 Å². The fourth-order valence-corrected chi connectivity index (χ4v) is 6.88. The van der Waals surface area contributed by atoms with E-state index in [0.29, 0.717) is 56.4 Å². The Balaban J connectivity index is 1.13. The van der Waals surface area contributed by atoms with Crippen LogP contribution in [0.25, 0.3) is 0 Å². The minimum Gasteiger partial charge on any atom is -0.343 e. The first-order chi connectivity index (χ1) is 20.9. The van der Waals surface area contributed by atoms with Crippen molar-refractivity contribution in [2.75, 3.05) is 19.6 Å². The zero-order chi connectivity index (χ0) is 29.8. The van der Waals surface area contributed by atoms with Gasteiger partial charge >= 0.3 is 0 Å². The third kappa shape index (κ3) is 6.94. The Hall–Kier alpha value is -3.68. The molecule has 0 bridgehead atoms. The number of piperidine rings is 1. The lowest BCUT2D eigenvalue weighted by Gasteiger charge is -2.36. The molecule has 43 heavy (non-hydrogen) atoms. The number of nitrogens with zero attached hydrogens (tertiary/aromatic N) is 2. The van der Waals surface area contributed by atoms with E-state index in [2.05, 4.69) is 41.0 Å². The zero-order valence-corrected chi connectivity index (χ0v) is 25.2. The molecule has 2 fully saturated rings. The van der Waals surface area contributed by atoms with Crippen molar-refractivity contribution < 1.29 is 14.4 Å². The first-order valence-corrected chi connectivity index (χ1v) is 15.8. The van der Waals surface area contributed by atoms with Gasteiger partial charge in [-0.2, -0.15) is 0 Å². The maximum Gasteiger partial charge on any atom is 0.245 e. The Bertz CT molecular complexity index is 1470. The van der Waals surface area contributed by atoms with Gasteiger partial charge in [0.25, 0.3) is 0 Å². The van der Waals surface area contributed by atoms with E-state index in [9.17, 15) is 14.4 Å². The van der Waals surface area contributed by atoms with Crippen LogP contribution in [0.5, 0.6) is 0 Å². The van der Waals surface area contributed by atoms with Crippen LogP contribution >= 0.6 is 11.6 Å². The number of carbonyl (C=O) groups excluding carboxylic acids is 3. The van der Waals surface area contributed by atoms with Gasteiger partial charge in [0.05, 0.1) is 6.04 Å². The molecule has 3 aliphatic heterocycles. The maximum absolute atomic E-state index is 14.0. The van der Waals surface area contributed by atoms with E-state index in [0.717, 1.165) is 31.4 Å². The molecule has 0 spiro atoms. The summed E-state index contributed by atoms with van der Waals surface area (Å²) in [4.78, 5) is 43.6. The summed E-state index contributed by atoms with van der Waals surface area (Å²) in [5.41, 5.74) is 5.81. The number of nitrogens with one attached hydrogen (secondary N) is 2. The Morgan fingerprint density at radius 1 is 0.930 bits per heavy atom. The fraction of sp³-hybridized carbons (Fsp3) is 0.400. The van der Waals surface area contributed by atoms with Crippen molar-refractivity contribution in [3.05, 3.63) is 106 Å². The molecule has 7 nitrogen and oxygen atoms in total. The number of hydrogen-bond acceptors (Lipinski definition) is 4. The van der Waals surface area contributed by atoms with Crippen molar-refractivity contribution in [2.24, 2.45) is 0 Å². The molecule has 0 aromatic heterocycles. The predicted octanol–water partition coefficient (Wildman–Crippen LogP) is 4.61. The van der Waals surface area contributed by atoms with Crippen molar-refractivity contribution in [3.8, 4) is 0 Å². The largest absolute Gasteiger partial charge is 0.343 e. The molecule has 8 heteroatoms. The second-order valence-corrected chi connectivity index (χ2v) is 12.5. The molecular weight excluding hydrogens is 560 g/mol. The van der Waals surface area contributed by atoms with Gasteiger partial charge in [-0.05, 0) is 71.6 Å². The lowest BCUT2D eigenvalue weighted by atomic mass is 9.86. The predicted molar refractivity (Wildman–Crippen MR) is 168 cm³/mol. The van der Waals surface area contributed by atoms with Crippen LogP contribution in [0.1, 0.15) is 59.4 Å². The van der Waals surface area contributed by atoms with Crippen molar-refractivity contribution >= 4 is 29.3 Å². The third-order valence-electron chi connectivity index (χ3n) is 9.20. The molecule has 0 radical (unpaired) electrons. The highest BCUT2D eigenvalue weighted by molar-refractivity contribution is 6.30.